The van der Waals surface area contributed by atoms with E-state index in [-0.39, 0.29) is 5.04 Å². The van der Waals surface area contributed by atoms with Crippen LogP contribution in [-0.2, 0) is 6.42 Å². The second kappa shape index (κ2) is 4.22. The third-order valence-corrected chi connectivity index (χ3v) is 7.15. The molecule has 0 fully saturated rings. The van der Waals surface area contributed by atoms with Crippen LogP contribution in [0.2, 0.25) is 18.1 Å². The van der Waals surface area contributed by atoms with Crippen molar-refractivity contribution in [1.29, 1.82) is 0 Å². The van der Waals surface area contributed by atoms with E-state index in [1.165, 1.54) is 11.1 Å². The van der Waals surface area contributed by atoms with E-state index in [1.807, 2.05) is 31.3 Å². The molecule has 1 aromatic rings. The zero-order valence-corrected chi connectivity index (χ0v) is 12.0. The lowest BCUT2D eigenvalue weighted by atomic mass is 9.97. The molecule has 0 radical (unpaired) electrons. The second-order valence-electron chi connectivity index (χ2n) is 5.81. The van der Waals surface area contributed by atoms with E-state index in [2.05, 4.69) is 20.8 Å². The van der Waals surface area contributed by atoms with Crippen LogP contribution in [0.1, 0.15) is 25.0 Å². The molecule has 0 heterocycles. The zero-order chi connectivity index (χ0) is 12.6. The average Bonchev–Trinajstić information content (AvgIpc) is 2.09. The average molecular weight is 237 g/mol. The highest BCUT2D eigenvalue weighted by Crippen LogP contribution is 2.39. The number of nitrogens with two attached hydrogens (primary N) is 1. The first-order chi connectivity index (χ1) is 7.13. The molecule has 0 saturated carbocycles. The van der Waals surface area contributed by atoms with E-state index in [9.17, 15) is 4.80 Å². The molecule has 0 atom stereocenters. The van der Waals surface area contributed by atoms with E-state index in [0.29, 0.717) is 0 Å². The molecule has 3 heteroatoms. The molecule has 1 aromatic carbocycles. The van der Waals surface area contributed by atoms with Crippen LogP contribution in [0.25, 0.3) is 0 Å². The molecule has 0 saturated heterocycles. The lowest BCUT2D eigenvalue weighted by Gasteiger charge is -2.35. The zero-order valence-electron chi connectivity index (χ0n) is 11.0. The molecule has 0 amide bonds. The van der Waals surface area contributed by atoms with E-state index >= 15 is 0 Å². The van der Waals surface area contributed by atoms with Crippen LogP contribution >= 0.6 is 0 Å². The van der Waals surface area contributed by atoms with Crippen molar-refractivity contribution in [2.75, 3.05) is 5.73 Å². The summed E-state index contributed by atoms with van der Waals surface area (Å²) in [6.07, 6.45) is 0.888. The predicted molar refractivity (Wildman–Crippen MR) is 73.0 cm³/mol. The van der Waals surface area contributed by atoms with Crippen molar-refractivity contribution in [2.45, 2.75) is 45.3 Å². The van der Waals surface area contributed by atoms with Gasteiger partial charge in [-0.15, -0.1) is 0 Å². The molecule has 0 bridgehead atoms. The maximum absolute atomic E-state index is 10.3. The Morgan fingerprint density at radius 2 is 1.88 bits per heavy atom. The van der Waals surface area contributed by atoms with Gasteiger partial charge in [0.2, 0.25) is 0 Å². The minimum Gasteiger partial charge on any atom is -0.432 e. The summed E-state index contributed by atoms with van der Waals surface area (Å²) in [6, 6.07) is 6.00. The first-order valence-electron chi connectivity index (χ1n) is 5.71. The Bertz CT molecular complexity index is 380. The molecule has 90 valence electrons. The van der Waals surface area contributed by atoms with Crippen molar-refractivity contribution in [3.05, 3.63) is 29.3 Å². The number of aryl methyl sites for hydroxylation is 1. The van der Waals surface area contributed by atoms with Crippen molar-refractivity contribution in [3.8, 4) is 0 Å². The molecule has 16 heavy (non-hydrogen) atoms. The van der Waals surface area contributed by atoms with Gasteiger partial charge in [0, 0.05) is 5.69 Å². The lowest BCUT2D eigenvalue weighted by molar-refractivity contribution is 0.467. The highest BCUT2D eigenvalue weighted by atomic mass is 28.4. The summed E-state index contributed by atoms with van der Waals surface area (Å²) >= 11 is 0. The minimum absolute atomic E-state index is 0.0362. The number of hydrogen-bond acceptors (Lipinski definition) is 2. The summed E-state index contributed by atoms with van der Waals surface area (Å²) in [5.74, 6) is 0. The van der Waals surface area contributed by atoms with Gasteiger partial charge in [0.05, 0.1) is 0 Å². The quantitative estimate of drug-likeness (QED) is 0.627. The number of nitrogen functional groups attached to an aromatic ring is 1. The fourth-order valence-electron chi connectivity index (χ4n) is 1.57. The third kappa shape index (κ3) is 2.86. The van der Waals surface area contributed by atoms with Crippen LogP contribution in [0.3, 0.4) is 0 Å². The predicted octanol–water partition coefficient (Wildman–Crippen LogP) is 3.10. The van der Waals surface area contributed by atoms with Gasteiger partial charge < -0.3 is 10.5 Å². The SMILES string of the molecule is Cc1ccc(N)cc1CC(C)(C)[Si](C)(C)O. The van der Waals surface area contributed by atoms with Gasteiger partial charge in [0.25, 0.3) is 0 Å². The Kier molecular flexibility index (Phi) is 3.50. The topological polar surface area (TPSA) is 46.2 Å². The minimum atomic E-state index is -2.15. The van der Waals surface area contributed by atoms with E-state index in [0.717, 1.165) is 12.1 Å². The maximum atomic E-state index is 10.3. The summed E-state index contributed by atoms with van der Waals surface area (Å²) in [5.41, 5.74) is 9.10. The highest BCUT2D eigenvalue weighted by molar-refractivity contribution is 6.72. The van der Waals surface area contributed by atoms with Gasteiger partial charge in [-0.05, 0) is 54.7 Å². The molecule has 0 aliphatic heterocycles. The van der Waals surface area contributed by atoms with E-state index in [4.69, 9.17) is 5.73 Å². The standard InChI is InChI=1S/C13H23NOSi/c1-10-6-7-12(14)8-11(10)9-13(2,3)16(4,5)15/h6-8,15H,9,14H2,1-5H3. The van der Waals surface area contributed by atoms with E-state index in [1.54, 1.807) is 0 Å². The van der Waals surface area contributed by atoms with Crippen molar-refractivity contribution >= 4 is 14.0 Å². The number of benzene rings is 1. The summed E-state index contributed by atoms with van der Waals surface area (Å²) in [6.45, 7) is 10.4. The lowest BCUT2D eigenvalue weighted by Crippen LogP contribution is -2.40. The molecule has 0 aliphatic rings. The van der Waals surface area contributed by atoms with E-state index < -0.39 is 8.32 Å². The van der Waals surface area contributed by atoms with Gasteiger partial charge in [-0.2, -0.15) is 0 Å². The molecule has 2 nitrogen and oxygen atoms in total. The molecular formula is C13H23NOSi. The van der Waals surface area contributed by atoms with Crippen LogP contribution in [0, 0.1) is 6.92 Å². The smallest absolute Gasteiger partial charge is 0.188 e. The molecule has 0 aliphatic carbocycles. The first kappa shape index (κ1) is 13.3. The maximum Gasteiger partial charge on any atom is 0.188 e. The Labute approximate surface area is 99.6 Å². The van der Waals surface area contributed by atoms with Crippen molar-refractivity contribution in [1.82, 2.24) is 0 Å². The van der Waals surface area contributed by atoms with Crippen LogP contribution in [-0.4, -0.2) is 13.1 Å². The fraction of sp³-hybridized carbons (Fsp3) is 0.538. The van der Waals surface area contributed by atoms with Crippen LogP contribution in [0.15, 0.2) is 18.2 Å². The van der Waals surface area contributed by atoms with Crippen molar-refractivity contribution in [3.63, 3.8) is 0 Å². The van der Waals surface area contributed by atoms with Crippen molar-refractivity contribution < 1.29 is 4.80 Å². The van der Waals surface area contributed by atoms with Gasteiger partial charge in [-0.1, -0.05) is 19.9 Å². The Morgan fingerprint density at radius 1 is 1.31 bits per heavy atom. The summed E-state index contributed by atoms with van der Waals surface area (Å²) in [5, 5.41) is -0.0362. The van der Waals surface area contributed by atoms with Gasteiger partial charge in [0.15, 0.2) is 8.32 Å². The van der Waals surface area contributed by atoms with Gasteiger partial charge >= 0.3 is 0 Å². The van der Waals surface area contributed by atoms with Gasteiger partial charge in [0.1, 0.15) is 0 Å². The highest BCUT2D eigenvalue weighted by Gasteiger charge is 2.38. The molecule has 0 unspecified atom stereocenters. The molecule has 1 rings (SSSR count). The molecule has 0 spiro atoms. The van der Waals surface area contributed by atoms with Crippen LogP contribution < -0.4 is 5.73 Å². The molecular weight excluding hydrogens is 214 g/mol. The third-order valence-electron chi connectivity index (χ3n) is 3.66. The Hall–Kier alpha value is -0.803. The summed E-state index contributed by atoms with van der Waals surface area (Å²) in [4.78, 5) is 10.3. The monoisotopic (exact) mass is 237 g/mol. The fourth-order valence-corrected chi connectivity index (χ4v) is 2.20. The Morgan fingerprint density at radius 3 is 2.38 bits per heavy atom. The normalized spacial score (nSPS) is 12.9. The van der Waals surface area contributed by atoms with Crippen LogP contribution in [0.5, 0.6) is 0 Å². The number of rotatable bonds is 3. The Balaban J connectivity index is 3.01. The van der Waals surface area contributed by atoms with Gasteiger partial charge in [-0.3, -0.25) is 0 Å². The van der Waals surface area contributed by atoms with Crippen LogP contribution in [0.4, 0.5) is 5.69 Å². The number of anilines is 1. The molecule has 0 aromatic heterocycles. The summed E-state index contributed by atoms with van der Waals surface area (Å²) < 4.78 is 0. The number of hydrogen-bond donors (Lipinski definition) is 2. The second-order valence-corrected chi connectivity index (χ2v) is 10.3. The largest absolute Gasteiger partial charge is 0.432 e. The van der Waals surface area contributed by atoms with Crippen molar-refractivity contribution in [2.24, 2.45) is 0 Å². The summed E-state index contributed by atoms with van der Waals surface area (Å²) in [7, 11) is -2.15. The first-order valence-corrected chi connectivity index (χ1v) is 8.65. The molecule has 3 N–H and O–H groups in total. The van der Waals surface area contributed by atoms with Gasteiger partial charge in [-0.25, -0.2) is 0 Å².